The molecule has 0 saturated carbocycles. The van der Waals surface area contributed by atoms with Gasteiger partial charge in [0.05, 0.1) is 6.26 Å². The number of hydrogen-bond acceptors (Lipinski definition) is 5. The van der Waals surface area contributed by atoms with Gasteiger partial charge in [-0.25, -0.2) is 0 Å². The van der Waals surface area contributed by atoms with Crippen molar-refractivity contribution in [3.8, 4) is 0 Å². The number of guanidine groups is 1. The van der Waals surface area contributed by atoms with Crippen LogP contribution >= 0.6 is 11.3 Å². The molecule has 0 aliphatic carbocycles. The van der Waals surface area contributed by atoms with Crippen LogP contribution in [-0.4, -0.2) is 50.7 Å². The maximum absolute atomic E-state index is 5.64. The third-order valence-electron chi connectivity index (χ3n) is 5.25. The zero-order valence-corrected chi connectivity index (χ0v) is 18.4. The lowest BCUT2D eigenvalue weighted by molar-refractivity contribution is 0.105. The lowest BCUT2D eigenvalue weighted by atomic mass is 9.88. The topological polar surface area (TPSA) is 62.0 Å². The van der Waals surface area contributed by atoms with Crippen molar-refractivity contribution in [1.29, 1.82) is 0 Å². The molecule has 0 spiro atoms. The van der Waals surface area contributed by atoms with Crippen molar-refractivity contribution in [2.45, 2.75) is 38.8 Å². The number of ether oxygens (including phenoxy) is 1. The first kappa shape index (κ1) is 21.9. The summed E-state index contributed by atoms with van der Waals surface area (Å²) in [7, 11) is 2.24. The minimum Gasteiger partial charge on any atom is -0.467 e. The van der Waals surface area contributed by atoms with Gasteiger partial charge in [-0.3, -0.25) is 9.89 Å². The summed E-state index contributed by atoms with van der Waals surface area (Å²) in [5, 5.41) is 8.99. The molecule has 1 aliphatic heterocycles. The Balaban J connectivity index is 1.44. The summed E-state index contributed by atoms with van der Waals surface area (Å²) < 4.78 is 10.9. The number of aliphatic imine (C=N–C) groups is 1. The van der Waals surface area contributed by atoms with Crippen LogP contribution in [0.2, 0.25) is 0 Å². The van der Waals surface area contributed by atoms with Crippen LogP contribution in [0.4, 0.5) is 0 Å². The zero-order valence-electron chi connectivity index (χ0n) is 17.6. The van der Waals surface area contributed by atoms with E-state index >= 15 is 0 Å². The van der Waals surface area contributed by atoms with Gasteiger partial charge in [-0.2, -0.15) is 0 Å². The van der Waals surface area contributed by atoms with Gasteiger partial charge in [0.2, 0.25) is 0 Å². The molecule has 3 heterocycles. The molecule has 0 bridgehead atoms. The Morgan fingerprint density at radius 3 is 3.03 bits per heavy atom. The molecule has 1 saturated heterocycles. The fraction of sp³-hybridized carbons (Fsp3) is 0.591. The highest BCUT2D eigenvalue weighted by atomic mass is 32.1. The fourth-order valence-electron chi connectivity index (χ4n) is 3.86. The number of rotatable bonds is 10. The van der Waals surface area contributed by atoms with Crippen LogP contribution in [0.3, 0.4) is 0 Å². The van der Waals surface area contributed by atoms with Crippen molar-refractivity contribution in [3.05, 3.63) is 46.5 Å². The highest BCUT2D eigenvalue weighted by molar-refractivity contribution is 7.10. The smallest absolute Gasteiger partial charge is 0.191 e. The monoisotopic (exact) mass is 418 g/mol. The van der Waals surface area contributed by atoms with Gasteiger partial charge in [-0.1, -0.05) is 6.07 Å². The molecule has 2 N–H and O–H groups in total. The number of hydrogen-bond donors (Lipinski definition) is 2. The molecule has 7 heteroatoms. The largest absolute Gasteiger partial charge is 0.467 e. The van der Waals surface area contributed by atoms with Gasteiger partial charge < -0.3 is 19.8 Å². The first-order valence-corrected chi connectivity index (χ1v) is 11.5. The van der Waals surface area contributed by atoms with E-state index in [4.69, 9.17) is 14.1 Å². The normalized spacial score (nSPS) is 20.7. The number of furan rings is 1. The maximum atomic E-state index is 5.64. The SMILES string of the molecule is CCNC(=NCC1CCCN(C)C1c1cccs1)NCCCOCc1ccco1. The van der Waals surface area contributed by atoms with Gasteiger partial charge in [-0.05, 0) is 69.3 Å². The van der Waals surface area contributed by atoms with E-state index in [2.05, 4.69) is 47.0 Å². The van der Waals surface area contributed by atoms with Gasteiger partial charge in [0.25, 0.3) is 0 Å². The number of nitrogens with one attached hydrogen (secondary N) is 2. The van der Waals surface area contributed by atoms with E-state index < -0.39 is 0 Å². The van der Waals surface area contributed by atoms with Crippen molar-refractivity contribution in [2.75, 3.05) is 39.8 Å². The Labute approximate surface area is 178 Å². The summed E-state index contributed by atoms with van der Waals surface area (Å²) in [6, 6.07) is 8.71. The van der Waals surface area contributed by atoms with Crippen LogP contribution in [0, 0.1) is 5.92 Å². The standard InChI is InChI=1S/C22H34N4O2S/c1-3-23-22(24-11-7-13-27-17-19-9-5-14-28-19)25-16-18-8-4-12-26(2)21(18)20-10-6-15-29-20/h5-6,9-10,14-15,18,21H,3-4,7-8,11-13,16-17H2,1-2H3,(H2,23,24,25). The van der Waals surface area contributed by atoms with E-state index in [0.29, 0.717) is 25.2 Å². The molecule has 0 radical (unpaired) electrons. The number of piperidine rings is 1. The predicted molar refractivity (Wildman–Crippen MR) is 119 cm³/mol. The third-order valence-corrected chi connectivity index (χ3v) is 6.20. The van der Waals surface area contributed by atoms with Gasteiger partial charge in [0.15, 0.2) is 5.96 Å². The van der Waals surface area contributed by atoms with E-state index in [0.717, 1.165) is 37.8 Å². The summed E-state index contributed by atoms with van der Waals surface area (Å²) in [5.74, 6) is 2.32. The molecule has 2 aromatic rings. The molecular formula is C22H34N4O2S. The van der Waals surface area contributed by atoms with Crippen LogP contribution in [0.1, 0.15) is 42.9 Å². The molecule has 2 atom stereocenters. The Bertz CT molecular complexity index is 702. The molecule has 29 heavy (non-hydrogen) atoms. The van der Waals surface area contributed by atoms with Crippen molar-refractivity contribution in [1.82, 2.24) is 15.5 Å². The van der Waals surface area contributed by atoms with E-state index in [-0.39, 0.29) is 0 Å². The van der Waals surface area contributed by atoms with E-state index in [1.54, 1.807) is 6.26 Å². The second-order valence-corrected chi connectivity index (χ2v) is 8.45. The average molecular weight is 419 g/mol. The first-order valence-electron chi connectivity index (χ1n) is 10.6. The van der Waals surface area contributed by atoms with Gasteiger partial charge in [-0.15, -0.1) is 11.3 Å². The zero-order chi connectivity index (χ0) is 20.3. The summed E-state index contributed by atoms with van der Waals surface area (Å²) in [4.78, 5) is 8.86. The van der Waals surface area contributed by atoms with Gasteiger partial charge in [0.1, 0.15) is 12.4 Å². The molecular weight excluding hydrogens is 384 g/mol. The Morgan fingerprint density at radius 1 is 1.34 bits per heavy atom. The quantitative estimate of drug-likeness (QED) is 0.348. The first-order chi connectivity index (χ1) is 14.3. The van der Waals surface area contributed by atoms with E-state index in [1.165, 1.54) is 24.3 Å². The molecule has 0 amide bonds. The van der Waals surface area contributed by atoms with Crippen molar-refractivity contribution >= 4 is 17.3 Å². The second-order valence-electron chi connectivity index (χ2n) is 7.48. The van der Waals surface area contributed by atoms with Crippen molar-refractivity contribution < 1.29 is 9.15 Å². The highest BCUT2D eigenvalue weighted by Crippen LogP contribution is 2.37. The Morgan fingerprint density at radius 2 is 2.28 bits per heavy atom. The van der Waals surface area contributed by atoms with Crippen LogP contribution in [0.5, 0.6) is 0 Å². The summed E-state index contributed by atoms with van der Waals surface area (Å²) in [6.07, 6.45) is 5.08. The lowest BCUT2D eigenvalue weighted by Crippen LogP contribution is -2.40. The molecule has 2 unspecified atom stereocenters. The Kier molecular flexibility index (Phi) is 9.05. The summed E-state index contributed by atoms with van der Waals surface area (Å²) in [5.41, 5.74) is 0. The molecule has 1 aliphatic rings. The number of nitrogens with zero attached hydrogens (tertiary/aromatic N) is 2. The van der Waals surface area contributed by atoms with Crippen LogP contribution in [-0.2, 0) is 11.3 Å². The number of thiophene rings is 1. The third kappa shape index (κ3) is 6.87. The maximum Gasteiger partial charge on any atom is 0.191 e. The second kappa shape index (κ2) is 12.0. The van der Waals surface area contributed by atoms with Gasteiger partial charge >= 0.3 is 0 Å². The molecule has 1 fully saturated rings. The highest BCUT2D eigenvalue weighted by Gasteiger charge is 2.31. The summed E-state index contributed by atoms with van der Waals surface area (Å²) in [6.45, 7) is 7.03. The van der Waals surface area contributed by atoms with E-state index in [9.17, 15) is 0 Å². The summed E-state index contributed by atoms with van der Waals surface area (Å²) >= 11 is 1.86. The fourth-order valence-corrected chi connectivity index (χ4v) is 4.84. The van der Waals surface area contributed by atoms with Crippen LogP contribution in [0.15, 0.2) is 45.3 Å². The number of likely N-dealkylation sites (tertiary alicyclic amines) is 1. The van der Waals surface area contributed by atoms with Crippen molar-refractivity contribution in [2.24, 2.45) is 10.9 Å². The Hall–Kier alpha value is -1.83. The van der Waals surface area contributed by atoms with Crippen molar-refractivity contribution in [3.63, 3.8) is 0 Å². The van der Waals surface area contributed by atoms with Gasteiger partial charge in [0, 0.05) is 37.2 Å². The van der Waals surface area contributed by atoms with E-state index in [1.807, 2.05) is 23.5 Å². The minimum absolute atomic E-state index is 0.477. The predicted octanol–water partition coefficient (Wildman–Crippen LogP) is 3.89. The van der Waals surface area contributed by atoms with Crippen LogP contribution in [0.25, 0.3) is 0 Å². The lowest BCUT2D eigenvalue weighted by Gasteiger charge is -2.38. The molecule has 6 nitrogen and oxygen atoms in total. The minimum atomic E-state index is 0.477. The van der Waals surface area contributed by atoms with Crippen LogP contribution < -0.4 is 10.6 Å². The molecule has 2 aromatic heterocycles. The molecule has 3 rings (SSSR count). The molecule has 0 aromatic carbocycles. The average Bonchev–Trinajstić information content (AvgIpc) is 3.42. The molecule has 160 valence electrons.